The largest absolute Gasteiger partial charge is 0.368 e. The Morgan fingerprint density at radius 3 is 2.42 bits per heavy atom. The number of nitrogens with zero attached hydrogens (tertiary/aromatic N) is 5. The zero-order valence-electron chi connectivity index (χ0n) is 13.5. The first-order valence-electron chi connectivity index (χ1n) is 7.30. The van der Waals surface area contributed by atoms with E-state index in [9.17, 15) is 4.79 Å². The number of hydrogen-bond donors (Lipinski definition) is 2. The minimum Gasteiger partial charge on any atom is -0.368 e. The number of fused-ring (bicyclic) bond motifs is 1. The second-order valence-corrected chi connectivity index (χ2v) is 7.31. The molecule has 0 radical (unpaired) electrons. The summed E-state index contributed by atoms with van der Waals surface area (Å²) >= 11 is 2.91. The van der Waals surface area contributed by atoms with Crippen LogP contribution < -0.4 is 17.0 Å². The molecule has 3 rings (SSSR count). The second kappa shape index (κ2) is 6.36. The fourth-order valence-corrected chi connectivity index (χ4v) is 4.34. The molecule has 4 N–H and O–H groups in total. The molecule has 0 aromatic carbocycles. The Kier molecular flexibility index (Phi) is 4.41. The molecule has 10 heteroatoms. The Morgan fingerprint density at radius 2 is 1.79 bits per heavy atom. The fourth-order valence-electron chi connectivity index (χ4n) is 2.35. The minimum atomic E-state index is -0.0125. The standard InChI is InChI=1S/C14H17N7OS2/c1-4-21-11(22)9-6(2)7(3)24-10(9)19-14(21)23-5-8-17-12(15)20-13(16)18-8/h4-5H2,1-3H3,(H4,15,16,17,18,20). The van der Waals surface area contributed by atoms with Gasteiger partial charge in [0.1, 0.15) is 10.7 Å². The molecule has 0 bridgehead atoms. The molecule has 0 amide bonds. The Bertz CT molecular complexity index is 959. The molecular formula is C14H17N7OS2. The van der Waals surface area contributed by atoms with Crippen molar-refractivity contribution in [3.63, 3.8) is 0 Å². The number of hydrogen-bond acceptors (Lipinski definition) is 9. The predicted molar refractivity (Wildman–Crippen MR) is 97.2 cm³/mol. The summed E-state index contributed by atoms with van der Waals surface area (Å²) in [7, 11) is 0. The molecule has 3 aromatic rings. The van der Waals surface area contributed by atoms with Gasteiger partial charge in [0.2, 0.25) is 11.9 Å². The lowest BCUT2D eigenvalue weighted by Crippen LogP contribution is -2.22. The van der Waals surface area contributed by atoms with Gasteiger partial charge in [0, 0.05) is 11.4 Å². The highest BCUT2D eigenvalue weighted by atomic mass is 32.2. The van der Waals surface area contributed by atoms with E-state index in [4.69, 9.17) is 11.5 Å². The number of thioether (sulfide) groups is 1. The molecule has 0 saturated heterocycles. The van der Waals surface area contributed by atoms with Crippen LogP contribution in [-0.2, 0) is 12.3 Å². The van der Waals surface area contributed by atoms with E-state index in [0.717, 1.165) is 15.3 Å². The number of thiophene rings is 1. The summed E-state index contributed by atoms with van der Waals surface area (Å²) in [4.78, 5) is 31.1. The van der Waals surface area contributed by atoms with Gasteiger partial charge >= 0.3 is 0 Å². The Labute approximate surface area is 146 Å². The number of aryl methyl sites for hydroxylation is 2. The van der Waals surface area contributed by atoms with E-state index in [1.54, 1.807) is 4.57 Å². The number of nitrogens with two attached hydrogens (primary N) is 2. The molecule has 3 aromatic heterocycles. The zero-order valence-corrected chi connectivity index (χ0v) is 15.2. The van der Waals surface area contributed by atoms with Gasteiger partial charge in [0.05, 0.1) is 11.1 Å². The van der Waals surface area contributed by atoms with Crippen LogP contribution in [0.15, 0.2) is 9.95 Å². The van der Waals surface area contributed by atoms with E-state index >= 15 is 0 Å². The lowest BCUT2D eigenvalue weighted by atomic mass is 10.2. The van der Waals surface area contributed by atoms with E-state index in [1.807, 2.05) is 20.8 Å². The van der Waals surface area contributed by atoms with Crippen LogP contribution in [0.25, 0.3) is 10.2 Å². The number of rotatable bonds is 4. The lowest BCUT2D eigenvalue weighted by Gasteiger charge is -2.09. The maximum atomic E-state index is 12.8. The molecule has 0 spiro atoms. The summed E-state index contributed by atoms with van der Waals surface area (Å²) in [5.41, 5.74) is 12.2. The average molecular weight is 363 g/mol. The van der Waals surface area contributed by atoms with Crippen LogP contribution in [0.5, 0.6) is 0 Å². The number of aromatic nitrogens is 5. The molecule has 0 aliphatic carbocycles. The molecular weight excluding hydrogens is 346 g/mol. The van der Waals surface area contributed by atoms with Crippen molar-refractivity contribution in [2.45, 2.75) is 38.2 Å². The molecule has 0 aliphatic heterocycles. The number of nitrogen functional groups attached to an aromatic ring is 2. The topological polar surface area (TPSA) is 126 Å². The quantitative estimate of drug-likeness (QED) is 0.530. The van der Waals surface area contributed by atoms with Crippen molar-refractivity contribution < 1.29 is 0 Å². The van der Waals surface area contributed by atoms with E-state index < -0.39 is 0 Å². The third-order valence-corrected chi connectivity index (χ3v) is 5.69. The van der Waals surface area contributed by atoms with Crippen molar-refractivity contribution in [2.24, 2.45) is 0 Å². The van der Waals surface area contributed by atoms with E-state index in [-0.39, 0.29) is 17.5 Å². The van der Waals surface area contributed by atoms with E-state index in [0.29, 0.717) is 28.7 Å². The number of anilines is 2. The highest BCUT2D eigenvalue weighted by molar-refractivity contribution is 7.98. The normalized spacial score (nSPS) is 11.3. The van der Waals surface area contributed by atoms with Gasteiger partial charge in [0.15, 0.2) is 5.16 Å². The van der Waals surface area contributed by atoms with Crippen LogP contribution in [0.1, 0.15) is 23.2 Å². The summed E-state index contributed by atoms with van der Waals surface area (Å²) in [6.07, 6.45) is 0. The second-order valence-electron chi connectivity index (χ2n) is 5.16. The lowest BCUT2D eigenvalue weighted by molar-refractivity contribution is 0.635. The molecule has 8 nitrogen and oxygen atoms in total. The minimum absolute atomic E-state index is 0.0125. The SMILES string of the molecule is CCn1c(SCc2nc(N)nc(N)n2)nc2sc(C)c(C)c2c1=O. The molecule has 0 atom stereocenters. The van der Waals surface area contributed by atoms with Gasteiger partial charge in [-0.2, -0.15) is 15.0 Å². The van der Waals surface area contributed by atoms with Crippen molar-refractivity contribution in [1.29, 1.82) is 0 Å². The molecule has 126 valence electrons. The monoisotopic (exact) mass is 363 g/mol. The van der Waals surface area contributed by atoms with Gasteiger partial charge in [0.25, 0.3) is 5.56 Å². The predicted octanol–water partition coefficient (Wildman–Crippen LogP) is 1.74. The summed E-state index contributed by atoms with van der Waals surface area (Å²) in [6, 6.07) is 0. The molecule has 0 fully saturated rings. The fraction of sp³-hybridized carbons (Fsp3) is 0.357. The van der Waals surface area contributed by atoms with Crippen LogP contribution in [-0.4, -0.2) is 24.5 Å². The molecule has 3 heterocycles. The van der Waals surface area contributed by atoms with Gasteiger partial charge in [-0.15, -0.1) is 11.3 Å². The average Bonchev–Trinajstić information content (AvgIpc) is 2.79. The van der Waals surface area contributed by atoms with E-state index in [2.05, 4.69) is 19.9 Å². The van der Waals surface area contributed by atoms with Crippen LogP contribution in [0, 0.1) is 13.8 Å². The molecule has 0 saturated carbocycles. The maximum absolute atomic E-state index is 12.8. The van der Waals surface area contributed by atoms with Crippen LogP contribution >= 0.6 is 23.1 Å². The maximum Gasteiger partial charge on any atom is 0.263 e. The smallest absolute Gasteiger partial charge is 0.263 e. The first-order valence-corrected chi connectivity index (χ1v) is 9.10. The summed E-state index contributed by atoms with van der Waals surface area (Å²) in [5.74, 6) is 1.02. The first-order chi connectivity index (χ1) is 11.4. The van der Waals surface area contributed by atoms with Crippen LogP contribution in [0.3, 0.4) is 0 Å². The Balaban J connectivity index is 2.01. The first kappa shape index (κ1) is 16.7. The van der Waals surface area contributed by atoms with Crippen LogP contribution in [0.2, 0.25) is 0 Å². The molecule has 24 heavy (non-hydrogen) atoms. The van der Waals surface area contributed by atoms with Crippen molar-refractivity contribution >= 4 is 45.2 Å². The van der Waals surface area contributed by atoms with Gasteiger partial charge < -0.3 is 11.5 Å². The Morgan fingerprint density at radius 1 is 1.12 bits per heavy atom. The van der Waals surface area contributed by atoms with Gasteiger partial charge in [-0.05, 0) is 26.3 Å². The zero-order chi connectivity index (χ0) is 17.4. The van der Waals surface area contributed by atoms with Gasteiger partial charge in [-0.1, -0.05) is 11.8 Å². The highest BCUT2D eigenvalue weighted by Crippen LogP contribution is 2.29. The van der Waals surface area contributed by atoms with Crippen molar-refractivity contribution in [1.82, 2.24) is 24.5 Å². The highest BCUT2D eigenvalue weighted by Gasteiger charge is 2.16. The van der Waals surface area contributed by atoms with Crippen molar-refractivity contribution in [3.05, 3.63) is 26.6 Å². The summed E-state index contributed by atoms with van der Waals surface area (Å²) < 4.78 is 1.67. The van der Waals surface area contributed by atoms with Crippen LogP contribution in [0.4, 0.5) is 11.9 Å². The van der Waals surface area contributed by atoms with E-state index in [1.165, 1.54) is 23.1 Å². The molecule has 0 aliphatic rings. The Hall–Kier alpha value is -2.20. The summed E-state index contributed by atoms with van der Waals surface area (Å²) in [5, 5.41) is 1.34. The third-order valence-electron chi connectivity index (χ3n) is 3.62. The van der Waals surface area contributed by atoms with Gasteiger partial charge in [-0.25, -0.2) is 4.98 Å². The summed E-state index contributed by atoms with van der Waals surface area (Å²) in [6.45, 7) is 6.42. The van der Waals surface area contributed by atoms with Gasteiger partial charge in [-0.3, -0.25) is 9.36 Å². The van der Waals surface area contributed by atoms with Crippen molar-refractivity contribution in [3.8, 4) is 0 Å². The molecule has 0 unspecified atom stereocenters. The van der Waals surface area contributed by atoms with Crippen molar-refractivity contribution in [2.75, 3.05) is 11.5 Å². The third kappa shape index (κ3) is 2.94.